The minimum Gasteiger partial charge on any atom is -0.313 e. The van der Waals surface area contributed by atoms with Gasteiger partial charge in [0.05, 0.1) is 5.56 Å². The zero-order valence-corrected chi connectivity index (χ0v) is 10.1. The first-order valence-electron chi connectivity index (χ1n) is 4.78. The van der Waals surface area contributed by atoms with Crippen LogP contribution in [0.5, 0.6) is 0 Å². The molecule has 0 radical (unpaired) electrons. The van der Waals surface area contributed by atoms with E-state index in [0.717, 1.165) is 16.7 Å². The van der Waals surface area contributed by atoms with Gasteiger partial charge in [-0.25, -0.2) is 0 Å². The zero-order chi connectivity index (χ0) is 12.1. The maximum Gasteiger partial charge on any atom is 0.417 e. The summed E-state index contributed by atoms with van der Waals surface area (Å²) in [5.74, 6) is 0. The molecule has 0 saturated carbocycles. The van der Waals surface area contributed by atoms with Gasteiger partial charge in [0.15, 0.2) is 0 Å². The van der Waals surface area contributed by atoms with Gasteiger partial charge in [0, 0.05) is 16.3 Å². The number of rotatable bonds is 2. The Labute approximate surface area is 92.3 Å². The molecule has 1 N–H and O–H groups in total. The Hall–Kier alpha value is -0.550. The maximum absolute atomic E-state index is 12.2. The second-order valence-electron chi connectivity index (χ2n) is 2.75. The first-order chi connectivity index (χ1) is 6.95. The molecular weight excluding hydrogens is 223 g/mol. The summed E-state index contributed by atoms with van der Waals surface area (Å²) in [5, 5.41) is 4.03. The Balaban J connectivity index is 0.000000921. The molecule has 0 spiro atoms. The molecule has 1 atom stereocenters. The minimum atomic E-state index is -4.22. The van der Waals surface area contributed by atoms with Crippen molar-refractivity contribution in [3.63, 3.8) is 0 Å². The smallest absolute Gasteiger partial charge is 0.313 e. The normalized spacial score (nSPS) is 13.0. The number of thiophene rings is 1. The molecule has 1 aromatic rings. The van der Waals surface area contributed by atoms with Gasteiger partial charge in [-0.3, -0.25) is 0 Å². The van der Waals surface area contributed by atoms with Gasteiger partial charge >= 0.3 is 6.18 Å². The molecular formula is C10H16F3NS. The van der Waals surface area contributed by atoms with E-state index >= 15 is 0 Å². The van der Waals surface area contributed by atoms with Crippen molar-refractivity contribution < 1.29 is 13.2 Å². The van der Waals surface area contributed by atoms with Crippen molar-refractivity contribution in [2.45, 2.75) is 33.0 Å². The highest BCUT2D eigenvalue weighted by Crippen LogP contribution is 2.34. The lowest BCUT2D eigenvalue weighted by Crippen LogP contribution is -2.11. The Kier molecular flexibility index (Phi) is 5.90. The molecule has 1 nitrogen and oxygen atoms in total. The van der Waals surface area contributed by atoms with Gasteiger partial charge in [0.25, 0.3) is 0 Å². The van der Waals surface area contributed by atoms with Crippen LogP contribution in [0.4, 0.5) is 13.2 Å². The van der Waals surface area contributed by atoms with Crippen molar-refractivity contribution in [1.82, 2.24) is 5.32 Å². The van der Waals surface area contributed by atoms with Crippen LogP contribution in [0.1, 0.15) is 37.3 Å². The van der Waals surface area contributed by atoms with E-state index in [2.05, 4.69) is 5.32 Å². The highest BCUT2D eigenvalue weighted by molar-refractivity contribution is 7.10. The third kappa shape index (κ3) is 4.22. The molecule has 0 bridgehead atoms. The fourth-order valence-corrected chi connectivity index (χ4v) is 1.85. The van der Waals surface area contributed by atoms with E-state index < -0.39 is 11.7 Å². The van der Waals surface area contributed by atoms with Crippen molar-refractivity contribution in [2.75, 3.05) is 7.05 Å². The van der Waals surface area contributed by atoms with Crippen LogP contribution in [0.3, 0.4) is 0 Å². The van der Waals surface area contributed by atoms with Gasteiger partial charge < -0.3 is 5.32 Å². The predicted octanol–water partition coefficient (Wildman–Crippen LogP) is 4.07. The quantitative estimate of drug-likeness (QED) is 0.820. The number of nitrogens with one attached hydrogen (secondary N) is 1. The van der Waals surface area contributed by atoms with E-state index in [1.807, 2.05) is 20.8 Å². The standard InChI is InChI=1S/C8H10F3NS.C2H6/c1-5(12-2)7-3-6(4-13-7)8(9,10)11;1-2/h3-5,12H,1-2H3;1-2H3/t5-;/m1./s1. The van der Waals surface area contributed by atoms with Crippen molar-refractivity contribution in [3.8, 4) is 0 Å². The van der Waals surface area contributed by atoms with E-state index in [1.165, 1.54) is 6.07 Å². The van der Waals surface area contributed by atoms with Crippen LogP contribution in [0.2, 0.25) is 0 Å². The second kappa shape index (κ2) is 6.12. The lowest BCUT2D eigenvalue weighted by atomic mass is 10.2. The average molecular weight is 239 g/mol. The van der Waals surface area contributed by atoms with Gasteiger partial charge in [0.2, 0.25) is 0 Å². The average Bonchev–Trinajstić information content (AvgIpc) is 2.68. The molecule has 0 amide bonds. The van der Waals surface area contributed by atoms with Crippen molar-refractivity contribution in [3.05, 3.63) is 21.9 Å². The molecule has 5 heteroatoms. The molecule has 1 aromatic heterocycles. The summed E-state index contributed by atoms with van der Waals surface area (Å²) < 4.78 is 36.5. The number of hydrogen-bond donors (Lipinski definition) is 1. The van der Waals surface area contributed by atoms with Crippen LogP contribution in [0, 0.1) is 0 Å². The lowest BCUT2D eigenvalue weighted by Gasteiger charge is -2.06. The molecule has 0 aliphatic rings. The highest BCUT2D eigenvalue weighted by Gasteiger charge is 2.31. The molecule has 1 rings (SSSR count). The van der Waals surface area contributed by atoms with E-state index in [0.29, 0.717) is 4.88 Å². The highest BCUT2D eigenvalue weighted by atomic mass is 32.1. The van der Waals surface area contributed by atoms with Gasteiger partial charge in [-0.2, -0.15) is 13.2 Å². The van der Waals surface area contributed by atoms with Crippen molar-refractivity contribution >= 4 is 11.3 Å². The SMILES string of the molecule is CC.CN[C@H](C)c1cc(C(F)(F)F)cs1. The van der Waals surface area contributed by atoms with Crippen LogP contribution in [0.25, 0.3) is 0 Å². The summed E-state index contributed by atoms with van der Waals surface area (Å²) in [6, 6.07) is 1.16. The van der Waals surface area contributed by atoms with E-state index in [9.17, 15) is 13.2 Å². The fourth-order valence-electron chi connectivity index (χ4n) is 0.871. The van der Waals surface area contributed by atoms with Crippen molar-refractivity contribution in [2.24, 2.45) is 0 Å². The predicted molar refractivity (Wildman–Crippen MR) is 58.1 cm³/mol. The van der Waals surface area contributed by atoms with E-state index in [-0.39, 0.29) is 6.04 Å². The van der Waals surface area contributed by atoms with Crippen LogP contribution in [0.15, 0.2) is 11.4 Å². The second-order valence-corrected chi connectivity index (χ2v) is 3.69. The molecule has 0 unspecified atom stereocenters. The fraction of sp³-hybridized carbons (Fsp3) is 0.600. The van der Waals surface area contributed by atoms with Gasteiger partial charge in [-0.15, -0.1) is 11.3 Å². The molecule has 88 valence electrons. The Morgan fingerprint density at radius 2 is 1.87 bits per heavy atom. The summed E-state index contributed by atoms with van der Waals surface area (Å²) in [6.45, 7) is 5.83. The van der Waals surface area contributed by atoms with Gasteiger partial charge in [-0.05, 0) is 20.0 Å². The van der Waals surface area contributed by atoms with Crippen LogP contribution in [-0.4, -0.2) is 7.05 Å². The first kappa shape index (κ1) is 14.5. The Morgan fingerprint density at radius 3 is 2.20 bits per heavy atom. The van der Waals surface area contributed by atoms with Crippen LogP contribution in [-0.2, 0) is 6.18 Å². The van der Waals surface area contributed by atoms with Crippen molar-refractivity contribution in [1.29, 1.82) is 0 Å². The Bertz CT molecular complexity index is 280. The monoisotopic (exact) mass is 239 g/mol. The molecule has 0 saturated heterocycles. The molecule has 0 fully saturated rings. The summed E-state index contributed by atoms with van der Waals surface area (Å²) in [5.41, 5.74) is -0.561. The van der Waals surface area contributed by atoms with Gasteiger partial charge in [0.1, 0.15) is 0 Å². The first-order valence-corrected chi connectivity index (χ1v) is 5.66. The number of alkyl halides is 3. The van der Waals surface area contributed by atoms with Crippen LogP contribution < -0.4 is 5.32 Å². The molecule has 0 aliphatic carbocycles. The molecule has 1 heterocycles. The third-order valence-electron chi connectivity index (χ3n) is 1.81. The molecule has 0 aromatic carbocycles. The largest absolute Gasteiger partial charge is 0.417 e. The lowest BCUT2D eigenvalue weighted by molar-refractivity contribution is -0.137. The van der Waals surface area contributed by atoms with Crippen LogP contribution >= 0.6 is 11.3 Å². The van der Waals surface area contributed by atoms with E-state index in [4.69, 9.17) is 0 Å². The summed E-state index contributed by atoms with van der Waals surface area (Å²) in [7, 11) is 1.72. The van der Waals surface area contributed by atoms with E-state index in [1.54, 1.807) is 7.05 Å². The van der Waals surface area contributed by atoms with Gasteiger partial charge in [-0.1, -0.05) is 13.8 Å². The topological polar surface area (TPSA) is 12.0 Å². The Morgan fingerprint density at radius 1 is 1.33 bits per heavy atom. The summed E-state index contributed by atoms with van der Waals surface area (Å²) in [6.07, 6.45) is -4.22. The maximum atomic E-state index is 12.2. The number of halogens is 3. The molecule has 15 heavy (non-hydrogen) atoms. The summed E-state index contributed by atoms with van der Waals surface area (Å²) in [4.78, 5) is 0.704. The summed E-state index contributed by atoms with van der Waals surface area (Å²) >= 11 is 1.13. The zero-order valence-electron chi connectivity index (χ0n) is 9.27. The number of hydrogen-bond acceptors (Lipinski definition) is 2. The minimum absolute atomic E-state index is 0.0268. The molecule has 0 aliphatic heterocycles. The third-order valence-corrected chi connectivity index (χ3v) is 2.92.